The van der Waals surface area contributed by atoms with Crippen molar-refractivity contribution in [3.63, 3.8) is 0 Å². The molecule has 1 heterocycles. The summed E-state index contributed by atoms with van der Waals surface area (Å²) in [5.41, 5.74) is -0.255. The van der Waals surface area contributed by atoms with Gasteiger partial charge in [0.1, 0.15) is 12.1 Å². The molecule has 24 heavy (non-hydrogen) atoms. The summed E-state index contributed by atoms with van der Waals surface area (Å²) >= 11 is 0. The van der Waals surface area contributed by atoms with Gasteiger partial charge in [-0.2, -0.15) is 0 Å². The van der Waals surface area contributed by atoms with E-state index >= 15 is 0 Å². The second-order valence-corrected chi connectivity index (χ2v) is 6.06. The number of amides is 1. The Balaban J connectivity index is 3.01. The van der Waals surface area contributed by atoms with Crippen molar-refractivity contribution in [1.29, 1.82) is 0 Å². The molecule has 0 saturated carbocycles. The summed E-state index contributed by atoms with van der Waals surface area (Å²) in [5.74, 6) is -2.26. The van der Waals surface area contributed by atoms with Crippen molar-refractivity contribution < 1.29 is 19.6 Å². The van der Waals surface area contributed by atoms with Crippen LogP contribution in [0, 0.1) is 22.0 Å². The summed E-state index contributed by atoms with van der Waals surface area (Å²) in [6.45, 7) is 6.86. The summed E-state index contributed by atoms with van der Waals surface area (Å²) in [5, 5.41) is 25.5. The molecule has 1 aromatic heterocycles. The lowest BCUT2D eigenvalue weighted by molar-refractivity contribution is -0.384. The first-order chi connectivity index (χ1) is 11.1. The molecule has 2 unspecified atom stereocenters. The van der Waals surface area contributed by atoms with Crippen LogP contribution in [0.25, 0.3) is 0 Å². The smallest absolute Gasteiger partial charge is 0.326 e. The van der Waals surface area contributed by atoms with Crippen LogP contribution in [0.15, 0.2) is 18.3 Å². The van der Waals surface area contributed by atoms with Crippen LogP contribution >= 0.6 is 0 Å². The van der Waals surface area contributed by atoms with Gasteiger partial charge < -0.3 is 15.7 Å². The van der Waals surface area contributed by atoms with Gasteiger partial charge in [-0.05, 0) is 17.9 Å². The Hall–Kier alpha value is -2.71. The lowest BCUT2D eigenvalue weighted by Crippen LogP contribution is -2.51. The number of aliphatic carboxylic acids is 1. The van der Waals surface area contributed by atoms with E-state index in [1.54, 1.807) is 27.7 Å². The van der Waals surface area contributed by atoms with Crippen molar-refractivity contribution >= 4 is 23.4 Å². The number of carboxylic acid groups (broad SMARTS) is 1. The van der Waals surface area contributed by atoms with Crippen molar-refractivity contribution in [1.82, 2.24) is 10.3 Å². The van der Waals surface area contributed by atoms with Gasteiger partial charge in [-0.3, -0.25) is 14.9 Å². The number of carbonyl (C=O) groups is 2. The number of carboxylic acids is 1. The molecule has 1 aromatic rings. The van der Waals surface area contributed by atoms with Gasteiger partial charge in [0.2, 0.25) is 11.7 Å². The molecule has 0 radical (unpaired) electrons. The predicted octanol–water partition coefficient (Wildman–Crippen LogP) is 1.65. The molecule has 0 aliphatic carbocycles. The molecule has 0 aliphatic heterocycles. The van der Waals surface area contributed by atoms with Crippen molar-refractivity contribution in [3.8, 4) is 0 Å². The first-order valence-corrected chi connectivity index (χ1v) is 7.54. The van der Waals surface area contributed by atoms with E-state index in [4.69, 9.17) is 0 Å². The Labute approximate surface area is 139 Å². The highest BCUT2D eigenvalue weighted by atomic mass is 16.6. The van der Waals surface area contributed by atoms with Gasteiger partial charge in [0.25, 0.3) is 0 Å². The number of nitrogens with one attached hydrogen (secondary N) is 2. The molecule has 0 aromatic carbocycles. The van der Waals surface area contributed by atoms with E-state index < -0.39 is 28.9 Å². The third-order valence-corrected chi connectivity index (χ3v) is 3.45. The van der Waals surface area contributed by atoms with Gasteiger partial charge in [0, 0.05) is 12.3 Å². The quantitative estimate of drug-likeness (QED) is 0.484. The highest BCUT2D eigenvalue weighted by Crippen LogP contribution is 2.22. The fraction of sp³-hybridized carbons (Fsp3) is 0.533. The first kappa shape index (κ1) is 19.3. The number of nitrogens with zero attached hydrogens (tertiary/aromatic N) is 2. The lowest BCUT2D eigenvalue weighted by Gasteiger charge is -2.25. The van der Waals surface area contributed by atoms with Crippen LogP contribution in [0.3, 0.4) is 0 Å². The maximum absolute atomic E-state index is 12.5. The number of anilines is 1. The molecule has 1 amide bonds. The highest BCUT2D eigenvalue weighted by Gasteiger charge is 2.30. The van der Waals surface area contributed by atoms with E-state index in [9.17, 15) is 24.8 Å². The molecule has 9 nitrogen and oxygen atoms in total. The van der Waals surface area contributed by atoms with Crippen LogP contribution in [0.4, 0.5) is 11.5 Å². The molecule has 0 aliphatic rings. The average molecular weight is 338 g/mol. The van der Waals surface area contributed by atoms with E-state index in [1.165, 1.54) is 18.3 Å². The minimum absolute atomic E-state index is 0.0345. The zero-order valence-electron chi connectivity index (χ0n) is 14.0. The molecule has 0 bridgehead atoms. The van der Waals surface area contributed by atoms with E-state index in [0.29, 0.717) is 0 Å². The Bertz CT molecular complexity index is 618. The number of rotatable bonds is 8. The fourth-order valence-corrected chi connectivity index (χ4v) is 2.09. The highest BCUT2D eigenvalue weighted by molar-refractivity contribution is 5.89. The van der Waals surface area contributed by atoms with Crippen LogP contribution in [0.5, 0.6) is 0 Å². The maximum Gasteiger partial charge on any atom is 0.326 e. The summed E-state index contributed by atoms with van der Waals surface area (Å²) < 4.78 is 0. The lowest BCUT2D eigenvalue weighted by atomic mass is 10.0. The van der Waals surface area contributed by atoms with E-state index in [1.807, 2.05) is 0 Å². The van der Waals surface area contributed by atoms with Crippen LogP contribution < -0.4 is 10.6 Å². The number of nitro groups is 1. The summed E-state index contributed by atoms with van der Waals surface area (Å²) in [6, 6.07) is 0.796. The number of aromatic nitrogens is 1. The number of hydrogen-bond donors (Lipinski definition) is 3. The third kappa shape index (κ3) is 4.90. The van der Waals surface area contributed by atoms with Gasteiger partial charge in [-0.25, -0.2) is 9.78 Å². The largest absolute Gasteiger partial charge is 0.480 e. The Morgan fingerprint density at radius 1 is 1.21 bits per heavy atom. The Morgan fingerprint density at radius 2 is 1.79 bits per heavy atom. The van der Waals surface area contributed by atoms with Crippen LogP contribution in [0.2, 0.25) is 0 Å². The van der Waals surface area contributed by atoms with Gasteiger partial charge in [0.15, 0.2) is 0 Å². The standard InChI is InChI=1S/C15H22N4O5/c1-8(2)11(14(20)18-12(9(3)4)15(21)22)17-13-10(19(23)24)6-5-7-16-13/h5-9,11-12H,1-4H3,(H,16,17)(H,18,20)(H,21,22). The number of carbonyl (C=O) groups excluding carboxylic acids is 1. The second-order valence-electron chi connectivity index (χ2n) is 6.06. The molecule has 0 saturated heterocycles. The predicted molar refractivity (Wildman–Crippen MR) is 87.5 cm³/mol. The monoisotopic (exact) mass is 338 g/mol. The molecule has 0 spiro atoms. The summed E-state index contributed by atoms with van der Waals surface area (Å²) in [7, 11) is 0. The van der Waals surface area contributed by atoms with E-state index in [0.717, 1.165) is 0 Å². The van der Waals surface area contributed by atoms with Crippen molar-refractivity contribution in [2.75, 3.05) is 5.32 Å². The molecule has 3 N–H and O–H groups in total. The molecule has 9 heteroatoms. The third-order valence-electron chi connectivity index (χ3n) is 3.45. The Morgan fingerprint density at radius 3 is 2.25 bits per heavy atom. The SMILES string of the molecule is CC(C)C(NC(=O)C(Nc1ncccc1[N+](=O)[O-])C(C)C)C(=O)O. The minimum atomic E-state index is -1.13. The van der Waals surface area contributed by atoms with Gasteiger partial charge in [-0.1, -0.05) is 27.7 Å². The Kier molecular flexibility index (Phi) is 6.63. The molecule has 1 rings (SSSR count). The minimum Gasteiger partial charge on any atom is -0.480 e. The molecule has 0 fully saturated rings. The first-order valence-electron chi connectivity index (χ1n) is 7.54. The van der Waals surface area contributed by atoms with E-state index in [-0.39, 0.29) is 23.3 Å². The van der Waals surface area contributed by atoms with Crippen LogP contribution in [-0.2, 0) is 9.59 Å². The summed E-state index contributed by atoms with van der Waals surface area (Å²) in [6.07, 6.45) is 1.37. The van der Waals surface area contributed by atoms with Crippen molar-refractivity contribution in [2.45, 2.75) is 39.8 Å². The molecular weight excluding hydrogens is 316 g/mol. The van der Waals surface area contributed by atoms with Crippen LogP contribution in [0.1, 0.15) is 27.7 Å². The van der Waals surface area contributed by atoms with Gasteiger partial charge in [-0.15, -0.1) is 0 Å². The fourth-order valence-electron chi connectivity index (χ4n) is 2.09. The molecule has 2 atom stereocenters. The zero-order chi connectivity index (χ0) is 18.4. The number of pyridine rings is 1. The van der Waals surface area contributed by atoms with Crippen LogP contribution in [-0.4, -0.2) is 39.0 Å². The average Bonchev–Trinajstić information content (AvgIpc) is 2.49. The molecule has 132 valence electrons. The second kappa shape index (κ2) is 8.23. The normalized spacial score (nSPS) is 13.4. The van der Waals surface area contributed by atoms with Crippen molar-refractivity contribution in [3.05, 3.63) is 28.4 Å². The van der Waals surface area contributed by atoms with E-state index in [2.05, 4.69) is 15.6 Å². The zero-order valence-corrected chi connectivity index (χ0v) is 14.0. The summed E-state index contributed by atoms with van der Waals surface area (Å²) in [4.78, 5) is 38.0. The van der Waals surface area contributed by atoms with Gasteiger partial charge in [0.05, 0.1) is 4.92 Å². The van der Waals surface area contributed by atoms with Gasteiger partial charge >= 0.3 is 11.7 Å². The number of hydrogen-bond acceptors (Lipinski definition) is 6. The molecular formula is C15H22N4O5. The topological polar surface area (TPSA) is 134 Å². The van der Waals surface area contributed by atoms with Crippen molar-refractivity contribution in [2.24, 2.45) is 11.8 Å². The maximum atomic E-state index is 12.5.